The van der Waals surface area contributed by atoms with Crippen molar-refractivity contribution in [3.05, 3.63) is 35.4 Å². The van der Waals surface area contributed by atoms with Gasteiger partial charge in [0.2, 0.25) is 5.91 Å². The number of nitrogens with one attached hydrogen (secondary N) is 1. The fourth-order valence-corrected chi connectivity index (χ4v) is 3.65. The van der Waals surface area contributed by atoms with Crippen LogP contribution in [0, 0.1) is 6.92 Å². The number of likely N-dealkylation sites (tertiary alicyclic amines) is 1. The normalized spacial score (nSPS) is 20.7. The van der Waals surface area contributed by atoms with Crippen LogP contribution in [0.5, 0.6) is 0 Å². The number of carbonyl (C=O) groups excluding carboxylic acids is 1. The number of nitrogens with zero attached hydrogens (tertiary/aromatic N) is 3. The molecule has 0 aliphatic carbocycles. The monoisotopic (exact) mass is 360 g/mol. The molecule has 8 nitrogen and oxygen atoms in total. The molecule has 0 saturated carbocycles. The van der Waals surface area contributed by atoms with Gasteiger partial charge < -0.3 is 19.7 Å². The summed E-state index contributed by atoms with van der Waals surface area (Å²) in [6.07, 6.45) is 4.44. The predicted octanol–water partition coefficient (Wildman–Crippen LogP) is 2.23. The van der Waals surface area contributed by atoms with Crippen LogP contribution in [0.15, 0.2) is 22.7 Å². The molecule has 2 aliphatic rings. The highest BCUT2D eigenvalue weighted by Gasteiger charge is 2.33. The number of aryl methyl sites for hydroxylation is 1. The minimum atomic E-state index is -0.250. The highest BCUT2D eigenvalue weighted by Crippen LogP contribution is 2.39. The SMILES string of the molecule is Cc1ccc(C2CC(=O)Nc3c2cnn3C2CCN(C)CC2)o1.O=CO. The van der Waals surface area contributed by atoms with Crippen molar-refractivity contribution in [2.75, 3.05) is 25.5 Å². The maximum absolute atomic E-state index is 12.2. The highest BCUT2D eigenvalue weighted by molar-refractivity contribution is 5.94. The molecule has 2 aliphatic heterocycles. The molecule has 2 aromatic rings. The minimum Gasteiger partial charge on any atom is -0.483 e. The van der Waals surface area contributed by atoms with Crippen molar-refractivity contribution in [2.24, 2.45) is 0 Å². The second-order valence-corrected chi connectivity index (χ2v) is 6.79. The summed E-state index contributed by atoms with van der Waals surface area (Å²) in [4.78, 5) is 22.9. The van der Waals surface area contributed by atoms with Crippen LogP contribution in [0.25, 0.3) is 0 Å². The molecule has 2 N–H and O–H groups in total. The summed E-state index contributed by atoms with van der Waals surface area (Å²) >= 11 is 0. The zero-order valence-electron chi connectivity index (χ0n) is 15.0. The molecule has 2 aromatic heterocycles. The smallest absolute Gasteiger partial charge is 0.290 e. The summed E-state index contributed by atoms with van der Waals surface area (Å²) < 4.78 is 7.79. The van der Waals surface area contributed by atoms with Crippen molar-refractivity contribution >= 4 is 18.2 Å². The van der Waals surface area contributed by atoms with Gasteiger partial charge in [-0.2, -0.15) is 5.10 Å². The van der Waals surface area contributed by atoms with E-state index in [9.17, 15) is 4.79 Å². The van der Waals surface area contributed by atoms with Crippen LogP contribution in [0.2, 0.25) is 0 Å². The van der Waals surface area contributed by atoms with E-state index in [0.29, 0.717) is 12.5 Å². The Balaban J connectivity index is 0.000000613. The Morgan fingerprint density at radius 1 is 1.35 bits per heavy atom. The van der Waals surface area contributed by atoms with Gasteiger partial charge in [0, 0.05) is 12.0 Å². The molecule has 1 amide bonds. The van der Waals surface area contributed by atoms with Crippen molar-refractivity contribution in [1.29, 1.82) is 0 Å². The zero-order valence-corrected chi connectivity index (χ0v) is 15.0. The Morgan fingerprint density at radius 3 is 2.65 bits per heavy atom. The van der Waals surface area contributed by atoms with E-state index >= 15 is 0 Å². The lowest BCUT2D eigenvalue weighted by atomic mass is 9.92. The first-order chi connectivity index (χ1) is 12.5. The Kier molecular flexibility index (Phi) is 5.41. The molecule has 4 rings (SSSR count). The van der Waals surface area contributed by atoms with Crippen LogP contribution in [-0.2, 0) is 9.59 Å². The molecule has 26 heavy (non-hydrogen) atoms. The summed E-state index contributed by atoms with van der Waals surface area (Å²) in [5, 5.41) is 14.5. The van der Waals surface area contributed by atoms with Gasteiger partial charge in [-0.05, 0) is 52.0 Å². The number of rotatable bonds is 2. The Labute approximate surface area is 151 Å². The Hall–Kier alpha value is -2.61. The first kappa shape index (κ1) is 18.2. The lowest BCUT2D eigenvalue weighted by Gasteiger charge is -2.31. The van der Waals surface area contributed by atoms with Crippen molar-refractivity contribution in [1.82, 2.24) is 14.7 Å². The van der Waals surface area contributed by atoms with Crippen molar-refractivity contribution in [3.63, 3.8) is 0 Å². The molecule has 1 unspecified atom stereocenters. The van der Waals surface area contributed by atoms with Crippen LogP contribution in [-0.4, -0.2) is 52.3 Å². The molecule has 0 spiro atoms. The maximum Gasteiger partial charge on any atom is 0.290 e. The molecule has 0 bridgehead atoms. The zero-order chi connectivity index (χ0) is 18.7. The van der Waals surface area contributed by atoms with Gasteiger partial charge >= 0.3 is 0 Å². The quantitative estimate of drug-likeness (QED) is 0.797. The molecule has 1 fully saturated rings. The molecule has 0 aromatic carbocycles. The van der Waals surface area contributed by atoms with Gasteiger partial charge in [-0.15, -0.1) is 0 Å². The molecular formula is C18H24N4O4. The van der Waals surface area contributed by atoms with Gasteiger partial charge in [0.05, 0.1) is 18.2 Å². The van der Waals surface area contributed by atoms with Crippen molar-refractivity contribution in [3.8, 4) is 0 Å². The van der Waals surface area contributed by atoms with Gasteiger partial charge in [0.15, 0.2) is 0 Å². The van der Waals surface area contributed by atoms with E-state index in [1.165, 1.54) is 0 Å². The largest absolute Gasteiger partial charge is 0.483 e. The second kappa shape index (κ2) is 7.74. The first-order valence-corrected chi connectivity index (χ1v) is 8.73. The summed E-state index contributed by atoms with van der Waals surface area (Å²) in [6.45, 7) is 3.80. The van der Waals surface area contributed by atoms with E-state index in [-0.39, 0.29) is 18.3 Å². The summed E-state index contributed by atoms with van der Waals surface area (Å²) in [5.74, 6) is 2.57. The fraction of sp³-hybridized carbons (Fsp3) is 0.500. The number of carboxylic acid groups (broad SMARTS) is 1. The maximum atomic E-state index is 12.2. The summed E-state index contributed by atoms with van der Waals surface area (Å²) in [5.41, 5.74) is 1.07. The number of amides is 1. The van der Waals surface area contributed by atoms with Gasteiger partial charge in [-0.3, -0.25) is 9.59 Å². The lowest BCUT2D eigenvalue weighted by Crippen LogP contribution is -2.33. The standard InChI is InChI=1S/C17H22N4O2.CH2O2/c1-11-3-4-15(23-11)13-9-16(22)19-17-14(13)10-18-21(17)12-5-7-20(2)8-6-12;2-1-3/h3-4,10,12-13H,5-9H2,1-2H3,(H,19,22);1H,(H,2,3). The van der Waals surface area contributed by atoms with E-state index in [4.69, 9.17) is 14.3 Å². The molecule has 4 heterocycles. The topological polar surface area (TPSA) is 101 Å². The number of piperidine rings is 1. The number of anilines is 1. The molecular weight excluding hydrogens is 336 g/mol. The van der Waals surface area contributed by atoms with E-state index in [0.717, 1.165) is 48.8 Å². The van der Waals surface area contributed by atoms with E-state index in [1.807, 2.05) is 29.9 Å². The van der Waals surface area contributed by atoms with Gasteiger partial charge in [0.1, 0.15) is 17.3 Å². The van der Waals surface area contributed by atoms with Crippen LogP contribution in [0.1, 0.15) is 48.3 Å². The number of fused-ring (bicyclic) bond motifs is 1. The lowest BCUT2D eigenvalue weighted by molar-refractivity contribution is -0.123. The first-order valence-electron chi connectivity index (χ1n) is 8.73. The number of carbonyl (C=O) groups is 2. The fourth-order valence-electron chi connectivity index (χ4n) is 3.65. The van der Waals surface area contributed by atoms with E-state index < -0.39 is 0 Å². The second-order valence-electron chi connectivity index (χ2n) is 6.79. The van der Waals surface area contributed by atoms with Crippen LogP contribution < -0.4 is 5.32 Å². The van der Waals surface area contributed by atoms with Crippen LogP contribution in [0.3, 0.4) is 0 Å². The number of aromatic nitrogens is 2. The van der Waals surface area contributed by atoms with Gasteiger partial charge in [-0.1, -0.05) is 0 Å². The van der Waals surface area contributed by atoms with E-state index in [2.05, 4.69) is 22.4 Å². The van der Waals surface area contributed by atoms with E-state index in [1.54, 1.807) is 0 Å². The predicted molar refractivity (Wildman–Crippen MR) is 95.2 cm³/mol. The van der Waals surface area contributed by atoms with Crippen LogP contribution in [0.4, 0.5) is 5.82 Å². The molecule has 140 valence electrons. The van der Waals surface area contributed by atoms with Crippen LogP contribution >= 0.6 is 0 Å². The van der Waals surface area contributed by atoms with Gasteiger partial charge in [-0.25, -0.2) is 4.68 Å². The number of hydrogen-bond donors (Lipinski definition) is 2. The highest BCUT2D eigenvalue weighted by atomic mass is 16.3. The minimum absolute atomic E-state index is 0.0335. The molecule has 1 saturated heterocycles. The third-order valence-corrected chi connectivity index (χ3v) is 4.99. The molecule has 8 heteroatoms. The Morgan fingerprint density at radius 2 is 2.04 bits per heavy atom. The van der Waals surface area contributed by atoms with Gasteiger partial charge in [0.25, 0.3) is 6.47 Å². The molecule has 0 radical (unpaired) electrons. The average molecular weight is 360 g/mol. The number of hydrogen-bond acceptors (Lipinski definition) is 5. The van der Waals surface area contributed by atoms with Crippen molar-refractivity contribution in [2.45, 2.75) is 38.1 Å². The summed E-state index contributed by atoms with van der Waals surface area (Å²) in [6, 6.07) is 4.27. The third-order valence-electron chi connectivity index (χ3n) is 4.99. The average Bonchev–Trinajstić information content (AvgIpc) is 3.22. The Bertz CT molecular complexity index is 774. The summed E-state index contributed by atoms with van der Waals surface area (Å²) in [7, 11) is 2.14. The number of furan rings is 1. The third kappa shape index (κ3) is 3.65. The van der Waals surface area contributed by atoms with Crippen molar-refractivity contribution < 1.29 is 19.1 Å². The molecule has 1 atom stereocenters.